The smallest absolute Gasteiger partial charge is 0.328 e. The number of hydrogen-bond donors (Lipinski definition) is 4. The number of nitrogens with two attached hydrogens (primary N) is 1. The minimum absolute atomic E-state index is 0.329. The minimum Gasteiger partial charge on any atom is -0.478 e. The Kier molecular flexibility index (Phi) is 5.83. The summed E-state index contributed by atoms with van der Waals surface area (Å²) in [6, 6.07) is 0. The molecule has 86 valence electrons. The van der Waals surface area contributed by atoms with Crippen LogP contribution in [0.4, 0.5) is 0 Å². The van der Waals surface area contributed by atoms with E-state index in [9.17, 15) is 19.2 Å². The second-order valence-electron chi connectivity index (χ2n) is 2.37. The SMILES string of the molecule is NNC(=O)C=CC(=O)O.O=C1C=CC(=O)N1. The number of hydrazine groups is 1. The molecule has 0 aromatic heterocycles. The molecule has 0 atom stereocenters. The van der Waals surface area contributed by atoms with Crippen molar-refractivity contribution in [3.8, 4) is 0 Å². The summed E-state index contributed by atoms with van der Waals surface area (Å²) in [7, 11) is 0. The lowest BCUT2D eigenvalue weighted by atomic mass is 10.5. The zero-order valence-corrected chi connectivity index (χ0v) is 7.97. The molecule has 0 aromatic rings. The molecule has 16 heavy (non-hydrogen) atoms. The number of nitrogens with one attached hydrogen (secondary N) is 2. The van der Waals surface area contributed by atoms with Crippen LogP contribution in [0, 0.1) is 0 Å². The molecule has 0 bridgehead atoms. The van der Waals surface area contributed by atoms with Crippen LogP contribution < -0.4 is 16.6 Å². The van der Waals surface area contributed by atoms with Crippen molar-refractivity contribution in [3.05, 3.63) is 24.3 Å². The van der Waals surface area contributed by atoms with E-state index in [1.165, 1.54) is 12.2 Å². The average molecular weight is 227 g/mol. The number of carbonyl (C=O) groups excluding carboxylic acids is 3. The highest BCUT2D eigenvalue weighted by Crippen LogP contribution is 1.82. The maximum atomic E-state index is 10.1. The summed E-state index contributed by atoms with van der Waals surface area (Å²) in [4.78, 5) is 39.9. The van der Waals surface area contributed by atoms with Gasteiger partial charge >= 0.3 is 5.97 Å². The highest BCUT2D eigenvalue weighted by atomic mass is 16.4. The van der Waals surface area contributed by atoms with Crippen molar-refractivity contribution >= 4 is 23.7 Å². The predicted octanol–water partition coefficient (Wildman–Crippen LogP) is -2.18. The van der Waals surface area contributed by atoms with Gasteiger partial charge in [0.15, 0.2) is 0 Å². The third-order valence-corrected chi connectivity index (χ3v) is 1.15. The number of amides is 3. The summed E-state index contributed by atoms with van der Waals surface area (Å²) in [5.41, 5.74) is 1.73. The van der Waals surface area contributed by atoms with Crippen molar-refractivity contribution in [2.75, 3.05) is 0 Å². The Hall–Kier alpha value is -2.48. The molecular formula is C8H9N3O5. The van der Waals surface area contributed by atoms with Crippen LogP contribution in [0.15, 0.2) is 24.3 Å². The first-order valence-corrected chi connectivity index (χ1v) is 3.90. The van der Waals surface area contributed by atoms with Gasteiger partial charge in [-0.15, -0.1) is 0 Å². The minimum atomic E-state index is -1.18. The molecule has 0 saturated carbocycles. The van der Waals surface area contributed by atoms with Gasteiger partial charge < -0.3 is 5.11 Å². The summed E-state index contributed by atoms with van der Waals surface area (Å²) in [5, 5.41) is 9.98. The summed E-state index contributed by atoms with van der Waals surface area (Å²) < 4.78 is 0. The predicted molar refractivity (Wildman–Crippen MR) is 51.4 cm³/mol. The first-order valence-electron chi connectivity index (χ1n) is 3.90. The zero-order valence-electron chi connectivity index (χ0n) is 7.97. The van der Waals surface area contributed by atoms with Gasteiger partial charge in [0.2, 0.25) is 0 Å². The molecule has 0 spiro atoms. The lowest BCUT2D eigenvalue weighted by Crippen LogP contribution is -2.28. The molecule has 0 saturated heterocycles. The van der Waals surface area contributed by atoms with Crippen LogP contribution in [0.1, 0.15) is 0 Å². The first-order chi connectivity index (χ1) is 7.45. The Balaban J connectivity index is 0.000000288. The summed E-state index contributed by atoms with van der Waals surface area (Å²) in [5.74, 6) is 2.13. The molecule has 5 N–H and O–H groups in total. The normalized spacial score (nSPS) is 13.1. The maximum Gasteiger partial charge on any atom is 0.328 e. The second-order valence-corrected chi connectivity index (χ2v) is 2.37. The van der Waals surface area contributed by atoms with E-state index in [0.29, 0.717) is 6.08 Å². The molecule has 0 fully saturated rings. The monoisotopic (exact) mass is 227 g/mol. The Bertz CT molecular complexity index is 356. The van der Waals surface area contributed by atoms with Crippen LogP contribution in [0.3, 0.4) is 0 Å². The highest BCUT2D eigenvalue weighted by molar-refractivity contribution is 6.12. The first kappa shape index (κ1) is 13.5. The molecule has 1 heterocycles. The van der Waals surface area contributed by atoms with Gasteiger partial charge in [0, 0.05) is 24.3 Å². The van der Waals surface area contributed by atoms with Gasteiger partial charge in [0.1, 0.15) is 0 Å². The number of carboxylic acid groups (broad SMARTS) is 1. The fraction of sp³-hybridized carbons (Fsp3) is 0. The van der Waals surface area contributed by atoms with E-state index in [1.54, 1.807) is 5.43 Å². The van der Waals surface area contributed by atoms with E-state index in [-0.39, 0.29) is 11.8 Å². The van der Waals surface area contributed by atoms with Gasteiger partial charge in [-0.3, -0.25) is 25.1 Å². The number of hydrogen-bond acceptors (Lipinski definition) is 5. The van der Waals surface area contributed by atoms with Crippen molar-refractivity contribution in [2.24, 2.45) is 5.84 Å². The summed E-state index contributed by atoms with van der Waals surface area (Å²) >= 11 is 0. The van der Waals surface area contributed by atoms with Gasteiger partial charge in [-0.05, 0) is 0 Å². The third kappa shape index (κ3) is 6.97. The molecule has 0 unspecified atom stereocenters. The topological polar surface area (TPSA) is 139 Å². The number of carboxylic acids is 1. The van der Waals surface area contributed by atoms with E-state index in [2.05, 4.69) is 5.84 Å². The van der Waals surface area contributed by atoms with Crippen LogP contribution >= 0.6 is 0 Å². The van der Waals surface area contributed by atoms with Gasteiger partial charge in [0.25, 0.3) is 17.7 Å². The van der Waals surface area contributed by atoms with Gasteiger partial charge in [0.05, 0.1) is 0 Å². The third-order valence-electron chi connectivity index (χ3n) is 1.15. The summed E-state index contributed by atoms with van der Waals surface area (Å²) in [6.07, 6.45) is 3.91. The van der Waals surface area contributed by atoms with Crippen molar-refractivity contribution in [3.63, 3.8) is 0 Å². The number of aliphatic carboxylic acids is 1. The van der Waals surface area contributed by atoms with E-state index in [0.717, 1.165) is 6.08 Å². The van der Waals surface area contributed by atoms with Gasteiger partial charge in [-0.1, -0.05) is 0 Å². The van der Waals surface area contributed by atoms with Crippen molar-refractivity contribution < 1.29 is 24.3 Å². The van der Waals surface area contributed by atoms with Crippen molar-refractivity contribution in [2.45, 2.75) is 0 Å². The fourth-order valence-electron chi connectivity index (χ4n) is 0.551. The quantitative estimate of drug-likeness (QED) is 0.139. The molecule has 0 radical (unpaired) electrons. The van der Waals surface area contributed by atoms with Crippen molar-refractivity contribution in [1.82, 2.24) is 10.7 Å². The Labute approximate surface area is 89.8 Å². The van der Waals surface area contributed by atoms with Crippen LogP contribution in [0.2, 0.25) is 0 Å². The van der Waals surface area contributed by atoms with Gasteiger partial charge in [-0.25, -0.2) is 10.6 Å². The number of imide groups is 1. The molecular weight excluding hydrogens is 218 g/mol. The molecule has 0 aliphatic carbocycles. The fourth-order valence-corrected chi connectivity index (χ4v) is 0.551. The molecule has 1 aliphatic rings. The molecule has 0 aromatic carbocycles. The maximum absolute atomic E-state index is 10.1. The van der Waals surface area contributed by atoms with Crippen LogP contribution in [-0.2, 0) is 19.2 Å². The lowest BCUT2D eigenvalue weighted by molar-refractivity contribution is -0.131. The second kappa shape index (κ2) is 6.90. The van der Waals surface area contributed by atoms with E-state index >= 15 is 0 Å². The molecule has 1 rings (SSSR count). The lowest BCUT2D eigenvalue weighted by Gasteiger charge is -1.85. The number of rotatable bonds is 2. The standard InChI is InChI=1S/C4H6N2O3.C4H3NO2/c5-6-3(7)1-2-4(8)9;6-3-1-2-4(7)5-3/h1-2H,5H2,(H,6,7)(H,8,9);1-2H,(H,5,6,7). The highest BCUT2D eigenvalue weighted by Gasteiger charge is 2.06. The number of carbonyl (C=O) groups is 4. The zero-order chi connectivity index (χ0) is 12.6. The average Bonchev–Trinajstić information content (AvgIpc) is 2.59. The van der Waals surface area contributed by atoms with Crippen LogP contribution in [0.5, 0.6) is 0 Å². The molecule has 3 amide bonds. The largest absolute Gasteiger partial charge is 0.478 e. The molecule has 8 heteroatoms. The van der Waals surface area contributed by atoms with Crippen molar-refractivity contribution in [1.29, 1.82) is 0 Å². The Morgan fingerprint density at radius 2 is 1.75 bits per heavy atom. The van der Waals surface area contributed by atoms with Crippen LogP contribution in [0.25, 0.3) is 0 Å². The molecule has 1 aliphatic heterocycles. The van der Waals surface area contributed by atoms with Gasteiger partial charge in [-0.2, -0.15) is 0 Å². The Morgan fingerprint density at radius 1 is 1.25 bits per heavy atom. The Morgan fingerprint density at radius 3 is 2.00 bits per heavy atom. The van der Waals surface area contributed by atoms with Crippen LogP contribution in [-0.4, -0.2) is 28.8 Å². The van der Waals surface area contributed by atoms with E-state index in [1.807, 2.05) is 5.32 Å². The van der Waals surface area contributed by atoms with E-state index < -0.39 is 11.9 Å². The molecule has 8 nitrogen and oxygen atoms in total. The summed E-state index contributed by atoms with van der Waals surface area (Å²) in [6.45, 7) is 0. The van der Waals surface area contributed by atoms with E-state index in [4.69, 9.17) is 5.11 Å².